The lowest BCUT2D eigenvalue weighted by atomic mass is 10.2. The van der Waals surface area contributed by atoms with Gasteiger partial charge in [-0.1, -0.05) is 12.1 Å². The third-order valence-corrected chi connectivity index (χ3v) is 4.46. The van der Waals surface area contributed by atoms with Gasteiger partial charge in [-0.25, -0.2) is 10.2 Å². The molecular formula is C18H23N7O3. The van der Waals surface area contributed by atoms with Gasteiger partial charge in [-0.15, -0.1) is 0 Å². The topological polar surface area (TPSA) is 110 Å². The fraction of sp³-hybridized carbons (Fsp3) is 0.333. The number of rotatable bonds is 6. The number of aliphatic hydroxyl groups excluding tert-OH is 1. The molecule has 0 radical (unpaired) electrons. The first-order valence-corrected chi connectivity index (χ1v) is 8.68. The predicted molar refractivity (Wildman–Crippen MR) is 109 cm³/mol. The number of hydrogen-bond acceptors (Lipinski definition) is 7. The number of fused-ring (bicyclic) bond motifs is 1. The number of hydrogen-bond donors (Lipinski definition) is 2. The molecule has 2 heterocycles. The van der Waals surface area contributed by atoms with E-state index in [1.54, 1.807) is 13.3 Å². The molecule has 2 aromatic heterocycles. The molecule has 2 N–H and O–H groups in total. The van der Waals surface area contributed by atoms with Gasteiger partial charge in [0, 0.05) is 40.4 Å². The Morgan fingerprint density at radius 3 is 2.46 bits per heavy atom. The normalized spacial score (nSPS) is 11.5. The van der Waals surface area contributed by atoms with E-state index in [-0.39, 0.29) is 30.3 Å². The molecule has 28 heavy (non-hydrogen) atoms. The molecule has 0 saturated carbocycles. The highest BCUT2D eigenvalue weighted by Gasteiger charge is 2.18. The SMILES string of the molecule is CN(C)c1ccc(C=NNc2nc3c(c(=O)n(C)c(=O)n3C)n2CCO)cc1. The molecule has 10 heteroatoms. The summed E-state index contributed by atoms with van der Waals surface area (Å²) in [5.74, 6) is 0.267. The van der Waals surface area contributed by atoms with Gasteiger partial charge < -0.3 is 14.6 Å². The van der Waals surface area contributed by atoms with Crippen LogP contribution in [0.15, 0.2) is 39.0 Å². The number of nitrogens with one attached hydrogen (secondary N) is 1. The van der Waals surface area contributed by atoms with Crippen molar-refractivity contribution in [2.24, 2.45) is 19.2 Å². The van der Waals surface area contributed by atoms with E-state index in [1.807, 2.05) is 43.3 Å². The molecule has 0 atom stereocenters. The monoisotopic (exact) mass is 385 g/mol. The molecule has 0 bridgehead atoms. The molecular weight excluding hydrogens is 362 g/mol. The Balaban J connectivity index is 1.97. The highest BCUT2D eigenvalue weighted by Crippen LogP contribution is 2.15. The lowest BCUT2D eigenvalue weighted by molar-refractivity contribution is 0.278. The highest BCUT2D eigenvalue weighted by molar-refractivity contribution is 5.81. The van der Waals surface area contributed by atoms with E-state index in [0.29, 0.717) is 0 Å². The third-order valence-electron chi connectivity index (χ3n) is 4.46. The van der Waals surface area contributed by atoms with Gasteiger partial charge in [0.1, 0.15) is 0 Å². The molecule has 0 fully saturated rings. The van der Waals surface area contributed by atoms with Crippen LogP contribution in [0.1, 0.15) is 5.56 Å². The number of aromatic nitrogens is 4. The van der Waals surface area contributed by atoms with E-state index < -0.39 is 11.2 Å². The molecule has 0 aliphatic heterocycles. The largest absolute Gasteiger partial charge is 0.395 e. The number of benzene rings is 1. The first kappa shape index (κ1) is 19.4. The molecule has 0 saturated heterocycles. The minimum absolute atomic E-state index is 0.138. The minimum atomic E-state index is -0.477. The van der Waals surface area contributed by atoms with Crippen LogP contribution in [0, 0.1) is 0 Å². The number of aryl methyl sites for hydroxylation is 1. The van der Waals surface area contributed by atoms with Crippen molar-refractivity contribution in [2.45, 2.75) is 6.54 Å². The second kappa shape index (κ2) is 7.69. The van der Waals surface area contributed by atoms with Gasteiger partial charge in [0.05, 0.1) is 12.8 Å². The number of aliphatic hydroxyl groups is 1. The molecule has 3 rings (SSSR count). The summed E-state index contributed by atoms with van der Waals surface area (Å²) < 4.78 is 3.82. The van der Waals surface area contributed by atoms with Gasteiger partial charge in [0.15, 0.2) is 11.2 Å². The van der Waals surface area contributed by atoms with Crippen LogP contribution < -0.4 is 21.6 Å². The molecule has 148 valence electrons. The Labute approximate surface area is 161 Å². The van der Waals surface area contributed by atoms with E-state index in [4.69, 9.17) is 0 Å². The fourth-order valence-electron chi connectivity index (χ4n) is 2.87. The fourth-order valence-corrected chi connectivity index (χ4v) is 2.87. The van der Waals surface area contributed by atoms with E-state index in [0.717, 1.165) is 15.8 Å². The van der Waals surface area contributed by atoms with Crippen LogP contribution in [0.25, 0.3) is 11.2 Å². The van der Waals surface area contributed by atoms with Crippen LogP contribution in [-0.4, -0.2) is 50.7 Å². The van der Waals surface area contributed by atoms with Gasteiger partial charge in [-0.3, -0.25) is 13.9 Å². The number of imidazole rings is 1. The van der Waals surface area contributed by atoms with Gasteiger partial charge in [0.25, 0.3) is 5.56 Å². The van der Waals surface area contributed by atoms with Crippen molar-refractivity contribution in [2.75, 3.05) is 31.0 Å². The van der Waals surface area contributed by atoms with Crippen LogP contribution in [0.4, 0.5) is 11.6 Å². The van der Waals surface area contributed by atoms with E-state index in [2.05, 4.69) is 15.5 Å². The maximum absolute atomic E-state index is 12.5. The van der Waals surface area contributed by atoms with E-state index >= 15 is 0 Å². The maximum atomic E-state index is 12.5. The van der Waals surface area contributed by atoms with Gasteiger partial charge in [-0.05, 0) is 17.7 Å². The first-order valence-electron chi connectivity index (χ1n) is 8.68. The van der Waals surface area contributed by atoms with Crippen LogP contribution in [0.3, 0.4) is 0 Å². The van der Waals surface area contributed by atoms with Crippen molar-refractivity contribution >= 4 is 29.0 Å². The summed E-state index contributed by atoms with van der Waals surface area (Å²) in [4.78, 5) is 31.0. The van der Waals surface area contributed by atoms with Crippen molar-refractivity contribution in [1.82, 2.24) is 18.7 Å². The van der Waals surface area contributed by atoms with Crippen molar-refractivity contribution in [3.05, 3.63) is 50.7 Å². The molecule has 3 aromatic rings. The molecule has 1 aromatic carbocycles. The first-order chi connectivity index (χ1) is 13.3. The quantitative estimate of drug-likeness (QED) is 0.454. The Kier molecular flexibility index (Phi) is 5.32. The zero-order valence-electron chi connectivity index (χ0n) is 16.2. The van der Waals surface area contributed by atoms with Crippen molar-refractivity contribution in [3.63, 3.8) is 0 Å². The Bertz CT molecular complexity index is 1140. The van der Waals surface area contributed by atoms with Crippen molar-refractivity contribution in [3.8, 4) is 0 Å². The second-order valence-corrected chi connectivity index (χ2v) is 6.54. The van der Waals surface area contributed by atoms with Crippen LogP contribution in [0.2, 0.25) is 0 Å². The van der Waals surface area contributed by atoms with Crippen LogP contribution in [0.5, 0.6) is 0 Å². The number of anilines is 2. The summed E-state index contributed by atoms with van der Waals surface area (Å²) in [6.45, 7) is -0.0544. The Hall–Kier alpha value is -3.40. The Morgan fingerprint density at radius 2 is 1.86 bits per heavy atom. The highest BCUT2D eigenvalue weighted by atomic mass is 16.3. The van der Waals surface area contributed by atoms with Gasteiger partial charge in [-0.2, -0.15) is 10.1 Å². The van der Waals surface area contributed by atoms with Crippen molar-refractivity contribution < 1.29 is 5.11 Å². The van der Waals surface area contributed by atoms with E-state index in [1.165, 1.54) is 16.2 Å². The molecule has 0 aliphatic carbocycles. The Morgan fingerprint density at radius 1 is 1.18 bits per heavy atom. The minimum Gasteiger partial charge on any atom is -0.395 e. The predicted octanol–water partition coefficient (Wildman–Crippen LogP) is -0.0620. The second-order valence-electron chi connectivity index (χ2n) is 6.54. The summed E-state index contributed by atoms with van der Waals surface area (Å²) in [7, 11) is 6.88. The summed E-state index contributed by atoms with van der Waals surface area (Å²) in [6, 6.07) is 7.80. The van der Waals surface area contributed by atoms with E-state index in [9.17, 15) is 14.7 Å². The zero-order valence-corrected chi connectivity index (χ0v) is 16.2. The third kappa shape index (κ3) is 3.41. The summed E-state index contributed by atoms with van der Waals surface area (Å²) >= 11 is 0. The molecule has 0 aliphatic rings. The number of hydrazone groups is 1. The van der Waals surface area contributed by atoms with Crippen molar-refractivity contribution in [1.29, 1.82) is 0 Å². The standard InChI is InChI=1S/C18H23N7O3/c1-22(2)13-7-5-12(6-8-13)11-19-21-17-20-15-14(25(17)9-10-26)16(27)24(4)18(28)23(15)3/h5-8,11,26H,9-10H2,1-4H3,(H,20,21). The lowest BCUT2D eigenvalue weighted by Gasteiger charge is -2.11. The smallest absolute Gasteiger partial charge is 0.332 e. The summed E-state index contributed by atoms with van der Waals surface area (Å²) in [5.41, 5.74) is 4.27. The zero-order chi connectivity index (χ0) is 20.4. The lowest BCUT2D eigenvalue weighted by Crippen LogP contribution is -2.37. The molecule has 0 unspecified atom stereocenters. The van der Waals surface area contributed by atoms with Gasteiger partial charge in [0.2, 0.25) is 5.95 Å². The van der Waals surface area contributed by atoms with Gasteiger partial charge >= 0.3 is 5.69 Å². The average molecular weight is 385 g/mol. The molecule has 0 spiro atoms. The number of nitrogens with zero attached hydrogens (tertiary/aromatic N) is 6. The molecule has 0 amide bonds. The average Bonchev–Trinajstić information content (AvgIpc) is 3.04. The summed E-state index contributed by atoms with van der Waals surface area (Å²) in [6.07, 6.45) is 1.62. The molecule has 10 nitrogen and oxygen atoms in total. The maximum Gasteiger partial charge on any atom is 0.332 e. The van der Waals surface area contributed by atoms with Crippen LogP contribution in [-0.2, 0) is 20.6 Å². The van der Waals surface area contributed by atoms with Crippen LogP contribution >= 0.6 is 0 Å². The summed E-state index contributed by atoms with van der Waals surface area (Å²) in [5, 5.41) is 13.6.